The highest BCUT2D eigenvalue weighted by Gasteiger charge is 2.42. The van der Waals surface area contributed by atoms with Crippen LogP contribution in [0.5, 0.6) is 17.2 Å². The molecule has 0 unspecified atom stereocenters. The summed E-state index contributed by atoms with van der Waals surface area (Å²) in [5.41, 5.74) is 2.03. The number of ether oxygens (including phenoxy) is 4. The van der Waals surface area contributed by atoms with Crippen LogP contribution in [-0.2, 0) is 20.5 Å². The molecule has 1 N–H and O–H groups in total. The maximum Gasteiger partial charge on any atom is 0.416 e. The molecule has 7 nitrogen and oxygen atoms in total. The SMILES string of the molecule is COc1ccc([C@@H]2CC(=O)C3=C(C2)NC(C)=C(C(=O)OCCOc2ccccc2)[C@@H]3c2ccc(C(F)(F)F)cc2)cc1OC. The predicted molar refractivity (Wildman–Crippen MR) is 156 cm³/mol. The van der Waals surface area contributed by atoms with E-state index >= 15 is 0 Å². The molecule has 2 atom stereocenters. The first-order chi connectivity index (χ1) is 21.1. The number of Topliss-reactive ketones (excluding diaryl/α,β-unsaturated/α-hetero) is 1. The van der Waals surface area contributed by atoms with Gasteiger partial charge in [-0.15, -0.1) is 0 Å². The fraction of sp³-hybridized carbons (Fsp3) is 0.294. The van der Waals surface area contributed by atoms with E-state index in [-0.39, 0.29) is 36.9 Å². The second-order valence-corrected chi connectivity index (χ2v) is 10.5. The van der Waals surface area contributed by atoms with Crippen LogP contribution in [-0.4, -0.2) is 39.2 Å². The Hall–Kier alpha value is -4.73. The monoisotopic (exact) mass is 607 g/mol. The molecule has 0 radical (unpaired) electrons. The number of benzene rings is 3. The first kappa shape index (κ1) is 30.7. The lowest BCUT2D eigenvalue weighted by Gasteiger charge is -2.37. The fourth-order valence-electron chi connectivity index (χ4n) is 5.74. The minimum absolute atomic E-state index is 0.0640. The molecule has 5 rings (SSSR count). The third kappa shape index (κ3) is 6.44. The molecule has 0 aromatic heterocycles. The first-order valence-electron chi connectivity index (χ1n) is 14.1. The number of hydrogen-bond donors (Lipinski definition) is 1. The number of halogens is 3. The van der Waals surface area contributed by atoms with Crippen LogP contribution in [0.15, 0.2) is 95.3 Å². The number of ketones is 1. The van der Waals surface area contributed by atoms with Crippen molar-refractivity contribution >= 4 is 11.8 Å². The van der Waals surface area contributed by atoms with E-state index in [4.69, 9.17) is 18.9 Å². The highest BCUT2D eigenvalue weighted by Crippen LogP contribution is 2.47. The average molecular weight is 608 g/mol. The Balaban J connectivity index is 1.45. The molecule has 230 valence electrons. The Kier molecular flexibility index (Phi) is 8.98. The number of dihydropyridines is 1. The summed E-state index contributed by atoms with van der Waals surface area (Å²) >= 11 is 0. The van der Waals surface area contributed by atoms with Gasteiger partial charge in [0.15, 0.2) is 17.3 Å². The summed E-state index contributed by atoms with van der Waals surface area (Å²) in [6, 6.07) is 19.1. The van der Waals surface area contributed by atoms with E-state index < -0.39 is 23.6 Å². The van der Waals surface area contributed by atoms with E-state index in [9.17, 15) is 22.8 Å². The molecular weight excluding hydrogens is 575 g/mol. The molecule has 44 heavy (non-hydrogen) atoms. The van der Waals surface area contributed by atoms with Crippen LogP contribution >= 0.6 is 0 Å². The van der Waals surface area contributed by atoms with Crippen LogP contribution in [0.2, 0.25) is 0 Å². The van der Waals surface area contributed by atoms with Crippen molar-refractivity contribution in [3.05, 3.63) is 112 Å². The van der Waals surface area contributed by atoms with E-state index in [0.29, 0.717) is 46.2 Å². The van der Waals surface area contributed by atoms with Crippen molar-refractivity contribution in [3.63, 3.8) is 0 Å². The molecule has 1 aliphatic heterocycles. The van der Waals surface area contributed by atoms with Crippen LogP contribution in [0.4, 0.5) is 13.2 Å². The Morgan fingerprint density at radius 2 is 1.57 bits per heavy atom. The van der Waals surface area contributed by atoms with Gasteiger partial charge in [-0.05, 0) is 66.8 Å². The van der Waals surface area contributed by atoms with Gasteiger partial charge in [0.25, 0.3) is 0 Å². The molecule has 2 aliphatic rings. The Morgan fingerprint density at radius 3 is 2.23 bits per heavy atom. The quantitative estimate of drug-likeness (QED) is 0.214. The third-order valence-electron chi connectivity index (χ3n) is 7.83. The highest BCUT2D eigenvalue weighted by atomic mass is 19.4. The van der Waals surface area contributed by atoms with Gasteiger partial charge in [-0.1, -0.05) is 36.4 Å². The summed E-state index contributed by atoms with van der Waals surface area (Å²) in [5.74, 6) is -0.284. The number of esters is 1. The maximum absolute atomic E-state index is 13.9. The predicted octanol–water partition coefficient (Wildman–Crippen LogP) is 6.71. The molecule has 3 aromatic carbocycles. The minimum Gasteiger partial charge on any atom is -0.493 e. The topological polar surface area (TPSA) is 83.1 Å². The molecule has 0 fully saturated rings. The van der Waals surface area contributed by atoms with Gasteiger partial charge in [0.2, 0.25) is 0 Å². The molecule has 0 bridgehead atoms. The summed E-state index contributed by atoms with van der Waals surface area (Å²) in [4.78, 5) is 27.4. The number of carbonyl (C=O) groups is 2. The standard InChI is InChI=1S/C34H32F3NO6/c1-20-30(33(40)44-16-15-43-25-7-5-4-6-8-25)31(21-9-12-24(13-10-21)34(35,36)37)32-26(38-20)17-23(18-27(32)39)22-11-14-28(41-2)29(19-22)42-3/h4-14,19,23,31,38H,15-18H2,1-3H3/t23-,31-/m0/s1. The number of carbonyl (C=O) groups excluding carboxylic acids is 2. The van der Waals surface area contributed by atoms with E-state index in [2.05, 4.69) is 5.32 Å². The molecule has 0 saturated heterocycles. The second-order valence-electron chi connectivity index (χ2n) is 10.5. The van der Waals surface area contributed by atoms with Crippen molar-refractivity contribution < 1.29 is 41.7 Å². The van der Waals surface area contributed by atoms with Crippen LogP contribution in [0.25, 0.3) is 0 Å². The summed E-state index contributed by atoms with van der Waals surface area (Å²) in [5, 5.41) is 3.25. The smallest absolute Gasteiger partial charge is 0.416 e. The van der Waals surface area contributed by atoms with Crippen LogP contribution < -0.4 is 19.5 Å². The molecule has 1 heterocycles. The van der Waals surface area contributed by atoms with E-state index in [1.54, 1.807) is 32.2 Å². The Bertz CT molecular complexity index is 1600. The van der Waals surface area contributed by atoms with Crippen molar-refractivity contribution in [1.29, 1.82) is 0 Å². The minimum atomic E-state index is -4.53. The lowest BCUT2D eigenvalue weighted by Crippen LogP contribution is -2.36. The van der Waals surface area contributed by atoms with Crippen LogP contribution in [0.1, 0.15) is 48.3 Å². The number of nitrogens with one attached hydrogen (secondary N) is 1. The van der Waals surface area contributed by atoms with E-state index in [1.807, 2.05) is 30.3 Å². The number of rotatable bonds is 9. The summed E-state index contributed by atoms with van der Waals surface area (Å²) in [7, 11) is 3.08. The van der Waals surface area contributed by atoms with Gasteiger partial charge in [-0.25, -0.2) is 4.79 Å². The van der Waals surface area contributed by atoms with Crippen molar-refractivity contribution in [2.45, 2.75) is 37.8 Å². The van der Waals surface area contributed by atoms with Gasteiger partial charge in [0, 0.05) is 29.3 Å². The van der Waals surface area contributed by atoms with Crippen LogP contribution in [0, 0.1) is 0 Å². The van der Waals surface area contributed by atoms with Gasteiger partial charge in [-0.3, -0.25) is 4.79 Å². The number of allylic oxidation sites excluding steroid dienone is 3. The maximum atomic E-state index is 13.9. The molecule has 3 aromatic rings. The molecule has 0 spiro atoms. The largest absolute Gasteiger partial charge is 0.493 e. The molecule has 1 aliphatic carbocycles. The molecular formula is C34H32F3NO6. The average Bonchev–Trinajstić information content (AvgIpc) is 3.02. The molecule has 0 amide bonds. The van der Waals surface area contributed by atoms with Gasteiger partial charge in [-0.2, -0.15) is 13.2 Å². The van der Waals surface area contributed by atoms with Crippen molar-refractivity contribution in [1.82, 2.24) is 5.32 Å². The van der Waals surface area contributed by atoms with Gasteiger partial charge >= 0.3 is 12.1 Å². The zero-order valence-corrected chi connectivity index (χ0v) is 24.5. The number of hydrogen-bond acceptors (Lipinski definition) is 7. The van der Waals surface area contributed by atoms with Crippen molar-refractivity contribution in [3.8, 4) is 17.2 Å². The molecule has 0 saturated carbocycles. The lowest BCUT2D eigenvalue weighted by molar-refractivity contribution is -0.140. The fourth-order valence-corrected chi connectivity index (χ4v) is 5.74. The Labute approximate surface area is 253 Å². The van der Waals surface area contributed by atoms with E-state index in [0.717, 1.165) is 17.7 Å². The lowest BCUT2D eigenvalue weighted by atomic mass is 9.71. The normalized spacial score (nSPS) is 18.4. The zero-order valence-electron chi connectivity index (χ0n) is 24.5. The highest BCUT2D eigenvalue weighted by molar-refractivity contribution is 6.04. The summed E-state index contributed by atoms with van der Waals surface area (Å²) < 4.78 is 62.1. The zero-order chi connectivity index (χ0) is 31.4. The number of methoxy groups -OCH3 is 2. The second kappa shape index (κ2) is 12.9. The van der Waals surface area contributed by atoms with Gasteiger partial charge in [0.1, 0.15) is 19.0 Å². The van der Waals surface area contributed by atoms with Crippen molar-refractivity contribution in [2.75, 3.05) is 27.4 Å². The number of para-hydroxylation sites is 1. The van der Waals surface area contributed by atoms with Crippen LogP contribution in [0.3, 0.4) is 0 Å². The first-order valence-corrected chi connectivity index (χ1v) is 14.1. The van der Waals surface area contributed by atoms with E-state index in [1.165, 1.54) is 19.2 Å². The summed E-state index contributed by atoms with van der Waals surface area (Å²) in [6.45, 7) is 1.73. The van der Waals surface area contributed by atoms with Gasteiger partial charge < -0.3 is 24.3 Å². The number of alkyl halides is 3. The van der Waals surface area contributed by atoms with Crippen molar-refractivity contribution in [2.24, 2.45) is 0 Å². The molecule has 10 heteroatoms. The summed E-state index contributed by atoms with van der Waals surface area (Å²) in [6.07, 6.45) is -3.95. The Morgan fingerprint density at radius 1 is 0.886 bits per heavy atom. The van der Waals surface area contributed by atoms with Gasteiger partial charge in [0.05, 0.1) is 25.4 Å². The third-order valence-corrected chi connectivity index (χ3v) is 7.83.